The molecule has 1 aliphatic rings. The van der Waals surface area contributed by atoms with Crippen molar-refractivity contribution in [3.8, 4) is 0 Å². The zero-order valence-corrected chi connectivity index (χ0v) is 9.57. The summed E-state index contributed by atoms with van der Waals surface area (Å²) in [5.74, 6) is -0.0105. The van der Waals surface area contributed by atoms with Crippen molar-refractivity contribution in [2.75, 3.05) is 24.5 Å². The second kappa shape index (κ2) is 4.72. The molecular weight excluding hydrogens is 226 g/mol. The van der Waals surface area contributed by atoms with Crippen LogP contribution >= 0.6 is 11.6 Å². The quantitative estimate of drug-likeness (QED) is 0.795. The number of anilines is 1. The van der Waals surface area contributed by atoms with Crippen LogP contribution in [0.2, 0.25) is 5.02 Å². The Labute approximate surface area is 99.4 Å². The van der Waals surface area contributed by atoms with Crippen LogP contribution in [0, 0.1) is 0 Å². The van der Waals surface area contributed by atoms with Crippen LogP contribution in [0.3, 0.4) is 0 Å². The van der Waals surface area contributed by atoms with Gasteiger partial charge in [-0.25, -0.2) is 0 Å². The van der Waals surface area contributed by atoms with Crippen LogP contribution < -0.4 is 16.0 Å². The fourth-order valence-electron chi connectivity index (χ4n) is 1.89. The Morgan fingerprint density at radius 1 is 1.44 bits per heavy atom. The topological polar surface area (TPSA) is 58.4 Å². The molecule has 0 aromatic heterocycles. The van der Waals surface area contributed by atoms with Crippen molar-refractivity contribution in [3.63, 3.8) is 0 Å². The Kier molecular flexibility index (Phi) is 3.31. The summed E-state index contributed by atoms with van der Waals surface area (Å²) in [6.45, 7) is 1.74. The van der Waals surface area contributed by atoms with Gasteiger partial charge in [0.1, 0.15) is 6.04 Å². The predicted octanol–water partition coefficient (Wildman–Crippen LogP) is 0.603. The SMILES string of the molecule is NCC1C(=O)NCCN1c1ccc(Cl)cc1. The zero-order chi connectivity index (χ0) is 11.5. The summed E-state index contributed by atoms with van der Waals surface area (Å²) in [6.07, 6.45) is 0. The lowest BCUT2D eigenvalue weighted by molar-refractivity contribution is -0.123. The third-order valence-corrected chi connectivity index (χ3v) is 2.96. The number of carbonyl (C=O) groups excluding carboxylic acids is 1. The molecule has 0 saturated carbocycles. The van der Waals surface area contributed by atoms with Crippen LogP contribution in [0.4, 0.5) is 5.69 Å². The number of piperazine rings is 1. The van der Waals surface area contributed by atoms with E-state index >= 15 is 0 Å². The normalized spacial score (nSPS) is 20.8. The molecular formula is C11H14ClN3O. The molecule has 0 radical (unpaired) electrons. The number of halogens is 1. The summed E-state index contributed by atoms with van der Waals surface area (Å²) in [6, 6.07) is 7.16. The fourth-order valence-corrected chi connectivity index (χ4v) is 2.02. The van der Waals surface area contributed by atoms with Gasteiger partial charge in [0.15, 0.2) is 0 Å². The number of nitrogens with one attached hydrogen (secondary N) is 1. The van der Waals surface area contributed by atoms with E-state index in [9.17, 15) is 4.79 Å². The van der Waals surface area contributed by atoms with Crippen LogP contribution in [0.5, 0.6) is 0 Å². The van der Waals surface area contributed by atoms with Gasteiger partial charge in [-0.2, -0.15) is 0 Å². The maximum Gasteiger partial charge on any atom is 0.244 e. The maximum absolute atomic E-state index is 11.6. The summed E-state index contributed by atoms with van der Waals surface area (Å²) in [5, 5.41) is 3.50. The molecule has 86 valence electrons. The van der Waals surface area contributed by atoms with E-state index in [1.807, 2.05) is 29.2 Å². The molecule has 1 heterocycles. The van der Waals surface area contributed by atoms with Crippen LogP contribution in [-0.4, -0.2) is 31.6 Å². The first-order valence-corrected chi connectivity index (χ1v) is 5.60. The molecule has 1 fully saturated rings. The highest BCUT2D eigenvalue weighted by Gasteiger charge is 2.28. The molecule has 1 aromatic rings. The summed E-state index contributed by atoms with van der Waals surface area (Å²) >= 11 is 5.83. The number of hydrogen-bond acceptors (Lipinski definition) is 3. The van der Waals surface area contributed by atoms with Crippen LogP contribution in [0.1, 0.15) is 0 Å². The Morgan fingerprint density at radius 3 is 2.75 bits per heavy atom. The summed E-state index contributed by atoms with van der Waals surface area (Å²) in [4.78, 5) is 13.6. The van der Waals surface area contributed by atoms with E-state index in [0.717, 1.165) is 12.2 Å². The zero-order valence-electron chi connectivity index (χ0n) is 8.82. The van der Waals surface area contributed by atoms with E-state index in [1.54, 1.807) is 0 Å². The van der Waals surface area contributed by atoms with Crippen molar-refractivity contribution in [1.29, 1.82) is 0 Å². The Morgan fingerprint density at radius 2 is 2.12 bits per heavy atom. The van der Waals surface area contributed by atoms with Gasteiger partial charge in [0.05, 0.1) is 0 Å². The smallest absolute Gasteiger partial charge is 0.244 e. The van der Waals surface area contributed by atoms with Gasteiger partial charge in [0, 0.05) is 30.3 Å². The first-order valence-electron chi connectivity index (χ1n) is 5.22. The minimum Gasteiger partial charge on any atom is -0.357 e. The van der Waals surface area contributed by atoms with E-state index in [2.05, 4.69) is 5.32 Å². The van der Waals surface area contributed by atoms with Crippen molar-refractivity contribution >= 4 is 23.2 Å². The molecule has 1 amide bonds. The van der Waals surface area contributed by atoms with E-state index in [-0.39, 0.29) is 11.9 Å². The average Bonchev–Trinajstić information content (AvgIpc) is 2.30. The Balaban J connectivity index is 2.24. The van der Waals surface area contributed by atoms with E-state index in [0.29, 0.717) is 18.1 Å². The molecule has 4 nitrogen and oxygen atoms in total. The average molecular weight is 240 g/mol. The molecule has 3 N–H and O–H groups in total. The minimum atomic E-state index is -0.282. The van der Waals surface area contributed by atoms with E-state index in [4.69, 9.17) is 17.3 Å². The first kappa shape index (κ1) is 11.2. The minimum absolute atomic E-state index is 0.0105. The molecule has 1 aliphatic heterocycles. The second-order valence-electron chi connectivity index (χ2n) is 3.71. The number of nitrogens with zero attached hydrogens (tertiary/aromatic N) is 1. The van der Waals surface area contributed by atoms with Crippen LogP contribution in [-0.2, 0) is 4.79 Å². The van der Waals surface area contributed by atoms with Gasteiger partial charge in [0.2, 0.25) is 5.91 Å². The van der Waals surface area contributed by atoms with Crippen molar-refractivity contribution in [2.45, 2.75) is 6.04 Å². The lowest BCUT2D eigenvalue weighted by atomic mass is 10.1. The lowest BCUT2D eigenvalue weighted by Gasteiger charge is -2.36. The van der Waals surface area contributed by atoms with Crippen molar-refractivity contribution in [1.82, 2.24) is 5.32 Å². The highest BCUT2D eigenvalue weighted by Crippen LogP contribution is 2.20. The predicted molar refractivity (Wildman–Crippen MR) is 64.7 cm³/mol. The van der Waals surface area contributed by atoms with Gasteiger partial charge < -0.3 is 16.0 Å². The lowest BCUT2D eigenvalue weighted by Crippen LogP contribution is -2.58. The number of nitrogens with two attached hydrogens (primary N) is 1. The first-order chi connectivity index (χ1) is 7.72. The van der Waals surface area contributed by atoms with Gasteiger partial charge in [-0.1, -0.05) is 11.6 Å². The number of rotatable bonds is 2. The number of benzene rings is 1. The summed E-state index contributed by atoms with van der Waals surface area (Å²) in [7, 11) is 0. The molecule has 5 heteroatoms. The van der Waals surface area contributed by atoms with Crippen LogP contribution in [0.15, 0.2) is 24.3 Å². The number of hydrogen-bond donors (Lipinski definition) is 2. The fraction of sp³-hybridized carbons (Fsp3) is 0.364. The molecule has 2 rings (SSSR count). The van der Waals surface area contributed by atoms with Gasteiger partial charge in [-0.15, -0.1) is 0 Å². The van der Waals surface area contributed by atoms with Crippen LogP contribution in [0.25, 0.3) is 0 Å². The van der Waals surface area contributed by atoms with Crippen molar-refractivity contribution < 1.29 is 4.79 Å². The number of amides is 1. The van der Waals surface area contributed by atoms with Gasteiger partial charge in [-0.05, 0) is 24.3 Å². The highest BCUT2D eigenvalue weighted by atomic mass is 35.5. The molecule has 0 bridgehead atoms. The summed E-state index contributed by atoms with van der Waals surface area (Å²) < 4.78 is 0. The van der Waals surface area contributed by atoms with Gasteiger partial charge in [-0.3, -0.25) is 4.79 Å². The monoisotopic (exact) mass is 239 g/mol. The Bertz CT molecular complexity index is 379. The third kappa shape index (κ3) is 2.13. The highest BCUT2D eigenvalue weighted by molar-refractivity contribution is 6.30. The third-order valence-electron chi connectivity index (χ3n) is 2.71. The van der Waals surface area contributed by atoms with Gasteiger partial charge >= 0.3 is 0 Å². The standard InChI is InChI=1S/C11H14ClN3O/c12-8-1-3-9(4-2-8)15-6-5-14-11(16)10(15)7-13/h1-4,10H,5-7,13H2,(H,14,16). The number of carbonyl (C=O) groups is 1. The van der Waals surface area contributed by atoms with E-state index < -0.39 is 0 Å². The summed E-state index contributed by atoms with van der Waals surface area (Å²) in [5.41, 5.74) is 6.60. The molecule has 1 saturated heterocycles. The Hall–Kier alpha value is -1.26. The van der Waals surface area contributed by atoms with E-state index in [1.165, 1.54) is 0 Å². The molecule has 16 heavy (non-hydrogen) atoms. The molecule has 0 spiro atoms. The van der Waals surface area contributed by atoms with Crippen molar-refractivity contribution in [2.24, 2.45) is 5.73 Å². The second-order valence-corrected chi connectivity index (χ2v) is 4.15. The molecule has 0 aliphatic carbocycles. The molecule has 1 atom stereocenters. The molecule has 1 aromatic carbocycles. The maximum atomic E-state index is 11.6. The largest absolute Gasteiger partial charge is 0.357 e. The van der Waals surface area contributed by atoms with Crippen molar-refractivity contribution in [3.05, 3.63) is 29.3 Å². The van der Waals surface area contributed by atoms with Gasteiger partial charge in [0.25, 0.3) is 0 Å². The molecule has 1 unspecified atom stereocenters.